The molecular weight excluding hydrogens is 264 g/mol. The van der Waals surface area contributed by atoms with Crippen LogP contribution in [0.4, 0.5) is 5.69 Å². The second kappa shape index (κ2) is 5.88. The third-order valence-corrected chi connectivity index (χ3v) is 4.60. The second-order valence-electron chi connectivity index (χ2n) is 6.03. The van der Waals surface area contributed by atoms with Gasteiger partial charge < -0.3 is 9.80 Å². The number of piperidine rings is 1. The quantitative estimate of drug-likeness (QED) is 0.687. The molecule has 2 aliphatic rings. The Morgan fingerprint density at radius 1 is 1.05 bits per heavy atom. The van der Waals surface area contributed by atoms with E-state index in [1.54, 1.807) is 9.80 Å². The predicted molar refractivity (Wildman–Crippen MR) is 82.1 cm³/mol. The van der Waals surface area contributed by atoms with Gasteiger partial charge in [0.15, 0.2) is 0 Å². The third kappa shape index (κ3) is 2.67. The second-order valence-corrected chi connectivity index (χ2v) is 6.03. The van der Waals surface area contributed by atoms with Crippen molar-refractivity contribution in [2.24, 2.45) is 0 Å². The molecule has 112 valence electrons. The number of nitrogens with zero attached hydrogens (tertiary/aromatic N) is 2. The number of hydrogen-bond acceptors (Lipinski definition) is 2. The first-order chi connectivity index (χ1) is 10.2. The molecule has 1 aromatic rings. The summed E-state index contributed by atoms with van der Waals surface area (Å²) in [7, 11) is 0. The van der Waals surface area contributed by atoms with Crippen molar-refractivity contribution in [1.82, 2.24) is 4.90 Å². The molecule has 2 aliphatic heterocycles. The number of carbonyl (C=O) groups excluding carboxylic acids is 2. The number of fused-ring (bicyclic) bond motifs is 1. The summed E-state index contributed by atoms with van der Waals surface area (Å²) in [6, 6.07) is 8.08. The van der Waals surface area contributed by atoms with Crippen molar-refractivity contribution in [3.63, 3.8) is 0 Å². The normalized spacial score (nSPS) is 21.9. The topological polar surface area (TPSA) is 40.6 Å². The average molecular weight is 286 g/mol. The van der Waals surface area contributed by atoms with Gasteiger partial charge in [0, 0.05) is 24.8 Å². The number of anilines is 1. The molecule has 0 spiro atoms. The Kier molecular flexibility index (Phi) is 3.95. The Labute approximate surface area is 125 Å². The fraction of sp³-hybridized carbons (Fsp3) is 0.529. The molecule has 1 atom stereocenters. The van der Waals surface area contributed by atoms with E-state index < -0.39 is 0 Å². The van der Waals surface area contributed by atoms with E-state index in [-0.39, 0.29) is 17.9 Å². The lowest BCUT2D eigenvalue weighted by Gasteiger charge is -2.35. The summed E-state index contributed by atoms with van der Waals surface area (Å²) in [6.45, 7) is 3.39. The molecular formula is C17H22N2O2. The van der Waals surface area contributed by atoms with Crippen LogP contribution in [-0.2, 0) is 16.0 Å². The van der Waals surface area contributed by atoms with Crippen molar-refractivity contribution in [3.8, 4) is 0 Å². The third-order valence-electron chi connectivity index (χ3n) is 4.60. The Morgan fingerprint density at radius 2 is 1.86 bits per heavy atom. The molecule has 0 N–H and O–H groups in total. The van der Waals surface area contributed by atoms with Crippen LogP contribution in [0, 0.1) is 0 Å². The van der Waals surface area contributed by atoms with Crippen LogP contribution in [0.2, 0.25) is 0 Å². The zero-order valence-corrected chi connectivity index (χ0v) is 12.5. The van der Waals surface area contributed by atoms with Gasteiger partial charge in [-0.15, -0.1) is 0 Å². The van der Waals surface area contributed by atoms with Gasteiger partial charge in [0.1, 0.15) is 0 Å². The molecule has 4 heteroatoms. The van der Waals surface area contributed by atoms with Crippen molar-refractivity contribution in [3.05, 3.63) is 29.8 Å². The highest BCUT2D eigenvalue weighted by atomic mass is 16.2. The van der Waals surface area contributed by atoms with E-state index in [1.807, 2.05) is 31.2 Å². The van der Waals surface area contributed by atoms with E-state index in [0.717, 1.165) is 43.4 Å². The van der Waals surface area contributed by atoms with Crippen molar-refractivity contribution in [2.45, 2.75) is 45.1 Å². The summed E-state index contributed by atoms with van der Waals surface area (Å²) in [5.74, 6) is -0.699. The van der Waals surface area contributed by atoms with E-state index in [1.165, 1.54) is 0 Å². The number of rotatable bonds is 0. The van der Waals surface area contributed by atoms with E-state index in [0.29, 0.717) is 13.1 Å². The molecule has 2 heterocycles. The first kappa shape index (κ1) is 14.1. The molecule has 2 amide bonds. The molecule has 3 rings (SSSR count). The Morgan fingerprint density at radius 3 is 2.67 bits per heavy atom. The summed E-state index contributed by atoms with van der Waals surface area (Å²) in [4.78, 5) is 28.6. The largest absolute Gasteiger partial charge is 0.332 e. The zero-order chi connectivity index (χ0) is 14.8. The summed E-state index contributed by atoms with van der Waals surface area (Å²) in [5.41, 5.74) is 2.07. The fourth-order valence-electron chi connectivity index (χ4n) is 3.38. The standard InChI is InChI=1S/C17H22N2O2/c1-13-7-4-5-11-18(13)16(20)17(21)19-12-6-9-14-8-2-3-10-15(14)19/h2-3,8,10,13H,4-7,9,11-12H2,1H3. The number of likely N-dealkylation sites (tertiary alicyclic amines) is 1. The monoisotopic (exact) mass is 286 g/mol. The minimum Gasteiger partial charge on any atom is -0.332 e. The highest BCUT2D eigenvalue weighted by Gasteiger charge is 2.33. The van der Waals surface area contributed by atoms with Gasteiger partial charge in [0.2, 0.25) is 0 Å². The molecule has 0 aliphatic carbocycles. The zero-order valence-electron chi connectivity index (χ0n) is 12.5. The predicted octanol–water partition coefficient (Wildman–Crippen LogP) is 2.37. The van der Waals surface area contributed by atoms with Crippen LogP contribution in [0.15, 0.2) is 24.3 Å². The van der Waals surface area contributed by atoms with Crippen molar-refractivity contribution in [1.29, 1.82) is 0 Å². The first-order valence-electron chi connectivity index (χ1n) is 7.89. The van der Waals surface area contributed by atoms with E-state index in [9.17, 15) is 9.59 Å². The summed E-state index contributed by atoms with van der Waals surface area (Å²) >= 11 is 0. The SMILES string of the molecule is CC1CCCCN1C(=O)C(=O)N1CCCc2ccccc21. The van der Waals surface area contributed by atoms with Crippen LogP contribution in [-0.4, -0.2) is 35.8 Å². The molecule has 21 heavy (non-hydrogen) atoms. The lowest BCUT2D eigenvalue weighted by Crippen LogP contribution is -2.51. The summed E-state index contributed by atoms with van der Waals surface area (Å²) in [5, 5.41) is 0. The van der Waals surface area contributed by atoms with Gasteiger partial charge in [-0.05, 0) is 50.7 Å². The van der Waals surface area contributed by atoms with E-state index in [2.05, 4.69) is 0 Å². The lowest BCUT2D eigenvalue weighted by atomic mass is 10.0. The highest BCUT2D eigenvalue weighted by molar-refractivity contribution is 6.40. The smallest absolute Gasteiger partial charge is 0.316 e. The van der Waals surface area contributed by atoms with Crippen LogP contribution in [0.1, 0.15) is 38.2 Å². The molecule has 0 bridgehead atoms. The minimum atomic E-state index is -0.365. The maximum Gasteiger partial charge on any atom is 0.316 e. The van der Waals surface area contributed by atoms with Gasteiger partial charge in [-0.1, -0.05) is 18.2 Å². The molecule has 1 saturated heterocycles. The van der Waals surface area contributed by atoms with Gasteiger partial charge in [-0.3, -0.25) is 9.59 Å². The number of aryl methyl sites for hydroxylation is 1. The fourth-order valence-corrected chi connectivity index (χ4v) is 3.38. The molecule has 1 aromatic carbocycles. The maximum absolute atomic E-state index is 12.6. The van der Waals surface area contributed by atoms with Crippen LogP contribution in [0.3, 0.4) is 0 Å². The lowest BCUT2D eigenvalue weighted by molar-refractivity contribution is -0.146. The number of para-hydroxylation sites is 1. The maximum atomic E-state index is 12.6. The van der Waals surface area contributed by atoms with Crippen LogP contribution >= 0.6 is 0 Å². The number of benzene rings is 1. The number of carbonyl (C=O) groups is 2. The Hall–Kier alpha value is -1.84. The molecule has 0 aromatic heterocycles. The number of hydrogen-bond donors (Lipinski definition) is 0. The summed E-state index contributed by atoms with van der Waals surface area (Å²) in [6.07, 6.45) is 5.04. The van der Waals surface area contributed by atoms with Crippen LogP contribution in [0.25, 0.3) is 0 Å². The van der Waals surface area contributed by atoms with E-state index >= 15 is 0 Å². The molecule has 0 radical (unpaired) electrons. The van der Waals surface area contributed by atoms with Crippen LogP contribution in [0.5, 0.6) is 0 Å². The van der Waals surface area contributed by atoms with Crippen molar-refractivity contribution < 1.29 is 9.59 Å². The first-order valence-corrected chi connectivity index (χ1v) is 7.89. The average Bonchev–Trinajstić information content (AvgIpc) is 2.53. The molecule has 1 fully saturated rings. The van der Waals surface area contributed by atoms with E-state index in [4.69, 9.17) is 0 Å². The van der Waals surface area contributed by atoms with Gasteiger partial charge in [-0.25, -0.2) is 0 Å². The van der Waals surface area contributed by atoms with Crippen LogP contribution < -0.4 is 4.90 Å². The Bertz CT molecular complexity index is 555. The van der Waals surface area contributed by atoms with Gasteiger partial charge in [-0.2, -0.15) is 0 Å². The van der Waals surface area contributed by atoms with Crippen molar-refractivity contribution >= 4 is 17.5 Å². The Balaban J connectivity index is 1.81. The molecule has 1 unspecified atom stereocenters. The van der Waals surface area contributed by atoms with Gasteiger partial charge in [0.25, 0.3) is 0 Å². The molecule has 0 saturated carbocycles. The van der Waals surface area contributed by atoms with Gasteiger partial charge >= 0.3 is 11.8 Å². The minimum absolute atomic E-state index is 0.176. The highest BCUT2D eigenvalue weighted by Crippen LogP contribution is 2.27. The summed E-state index contributed by atoms with van der Waals surface area (Å²) < 4.78 is 0. The van der Waals surface area contributed by atoms with Gasteiger partial charge in [0.05, 0.1) is 0 Å². The molecule has 4 nitrogen and oxygen atoms in total. The van der Waals surface area contributed by atoms with Crippen molar-refractivity contribution in [2.75, 3.05) is 18.0 Å². The number of amides is 2.